The minimum absolute atomic E-state index is 0. The first kappa shape index (κ1) is 21.2. The topological polar surface area (TPSA) is 62.5 Å². The van der Waals surface area contributed by atoms with Gasteiger partial charge < -0.3 is 15.2 Å². The number of hydrogen-bond donors (Lipinski definition) is 2. The largest absolute Gasteiger partial charge is 0.359 e. The minimum atomic E-state index is 0. The highest BCUT2D eigenvalue weighted by Gasteiger charge is 2.07. The van der Waals surface area contributed by atoms with E-state index in [0.717, 1.165) is 41.3 Å². The van der Waals surface area contributed by atoms with Crippen LogP contribution in [0.1, 0.15) is 43.0 Å². The van der Waals surface area contributed by atoms with Crippen LogP contribution in [-0.2, 0) is 13.0 Å². The van der Waals surface area contributed by atoms with Gasteiger partial charge in [0.05, 0.1) is 10.0 Å². The van der Waals surface area contributed by atoms with E-state index in [2.05, 4.69) is 40.7 Å². The van der Waals surface area contributed by atoms with E-state index in [1.54, 1.807) is 11.3 Å². The molecular weight excluding hydrogens is 459 g/mol. The second kappa shape index (κ2) is 10.9. The van der Waals surface area contributed by atoms with Gasteiger partial charge in [0.1, 0.15) is 6.54 Å². The molecule has 0 radical (unpaired) electrons. The van der Waals surface area contributed by atoms with Crippen molar-refractivity contribution in [3.05, 3.63) is 38.9 Å². The average Bonchev–Trinajstić information content (AvgIpc) is 3.14. The van der Waals surface area contributed by atoms with Crippen molar-refractivity contribution in [1.29, 1.82) is 0 Å². The highest BCUT2D eigenvalue weighted by atomic mass is 127. The SMILES string of the molecule is CCNC(=NCc1cc(C(C)C)no1)NCCc1ccc(Cl)s1.I. The van der Waals surface area contributed by atoms with Crippen molar-refractivity contribution in [2.24, 2.45) is 4.99 Å². The van der Waals surface area contributed by atoms with Gasteiger partial charge in [0.2, 0.25) is 0 Å². The van der Waals surface area contributed by atoms with E-state index in [1.165, 1.54) is 4.88 Å². The molecule has 0 fully saturated rings. The number of rotatable bonds is 7. The molecule has 0 saturated heterocycles. The number of thiophene rings is 1. The Labute approximate surface area is 169 Å². The van der Waals surface area contributed by atoms with Crippen molar-refractivity contribution in [2.75, 3.05) is 13.1 Å². The van der Waals surface area contributed by atoms with E-state index in [1.807, 2.05) is 19.1 Å². The zero-order valence-corrected chi connectivity index (χ0v) is 18.0. The smallest absolute Gasteiger partial charge is 0.191 e. The van der Waals surface area contributed by atoms with Crippen molar-refractivity contribution in [3.8, 4) is 0 Å². The van der Waals surface area contributed by atoms with Gasteiger partial charge in [-0.3, -0.25) is 0 Å². The van der Waals surface area contributed by atoms with Crippen LogP contribution in [-0.4, -0.2) is 24.2 Å². The highest BCUT2D eigenvalue weighted by molar-refractivity contribution is 14.0. The molecule has 0 aromatic carbocycles. The molecule has 2 rings (SSSR count). The second-order valence-corrected chi connectivity index (χ2v) is 7.25. The lowest BCUT2D eigenvalue weighted by Gasteiger charge is -2.10. The molecule has 0 unspecified atom stereocenters. The van der Waals surface area contributed by atoms with Crippen LogP contribution in [0.3, 0.4) is 0 Å². The standard InChI is InChI=1S/C16H23ClN4OS.HI/c1-4-18-16(19-8-7-13-5-6-15(17)23-13)20-10-12-9-14(11(2)3)21-22-12;/h5-6,9,11H,4,7-8,10H2,1-3H3,(H2,18,19,20);1H. The fourth-order valence-corrected chi connectivity index (χ4v) is 3.05. The van der Waals surface area contributed by atoms with E-state index >= 15 is 0 Å². The maximum absolute atomic E-state index is 5.94. The molecule has 134 valence electrons. The summed E-state index contributed by atoms with van der Waals surface area (Å²) >= 11 is 7.55. The van der Waals surface area contributed by atoms with E-state index in [0.29, 0.717) is 12.5 Å². The molecule has 0 spiro atoms. The number of guanidine groups is 1. The van der Waals surface area contributed by atoms with Crippen molar-refractivity contribution in [1.82, 2.24) is 15.8 Å². The first-order valence-corrected chi connectivity index (χ1v) is 8.99. The summed E-state index contributed by atoms with van der Waals surface area (Å²) in [6.45, 7) is 8.31. The van der Waals surface area contributed by atoms with E-state index in [-0.39, 0.29) is 24.0 Å². The third-order valence-corrected chi connectivity index (χ3v) is 4.49. The van der Waals surface area contributed by atoms with Gasteiger partial charge in [-0.1, -0.05) is 30.6 Å². The number of hydrogen-bond acceptors (Lipinski definition) is 4. The summed E-state index contributed by atoms with van der Waals surface area (Å²) < 4.78 is 6.13. The third kappa shape index (κ3) is 6.98. The van der Waals surface area contributed by atoms with Gasteiger partial charge >= 0.3 is 0 Å². The van der Waals surface area contributed by atoms with Gasteiger partial charge in [0.25, 0.3) is 0 Å². The highest BCUT2D eigenvalue weighted by Crippen LogP contribution is 2.21. The van der Waals surface area contributed by atoms with Crippen molar-refractivity contribution < 1.29 is 4.52 Å². The Balaban J connectivity index is 0.00000288. The molecule has 2 heterocycles. The number of aromatic nitrogens is 1. The van der Waals surface area contributed by atoms with Gasteiger partial charge in [-0.05, 0) is 31.4 Å². The lowest BCUT2D eigenvalue weighted by molar-refractivity contribution is 0.376. The molecule has 2 aromatic heterocycles. The number of halogens is 2. The summed E-state index contributed by atoms with van der Waals surface area (Å²) in [7, 11) is 0. The second-order valence-electron chi connectivity index (χ2n) is 5.45. The van der Waals surface area contributed by atoms with Crippen molar-refractivity contribution in [2.45, 2.75) is 39.7 Å². The molecule has 0 aliphatic rings. The molecule has 2 aromatic rings. The summed E-state index contributed by atoms with van der Waals surface area (Å²) in [6, 6.07) is 5.95. The van der Waals surface area contributed by atoms with Crippen molar-refractivity contribution >= 4 is 52.9 Å². The van der Waals surface area contributed by atoms with E-state index in [4.69, 9.17) is 16.1 Å². The van der Waals surface area contributed by atoms with Crippen LogP contribution in [0.5, 0.6) is 0 Å². The minimum Gasteiger partial charge on any atom is -0.359 e. The summed E-state index contributed by atoms with van der Waals surface area (Å²) in [5, 5.41) is 10.6. The van der Waals surface area contributed by atoms with Gasteiger partial charge in [-0.25, -0.2) is 4.99 Å². The molecule has 24 heavy (non-hydrogen) atoms. The van der Waals surface area contributed by atoms with E-state index < -0.39 is 0 Å². The van der Waals surface area contributed by atoms with Crippen LogP contribution < -0.4 is 10.6 Å². The summed E-state index contributed by atoms with van der Waals surface area (Å²) in [5.74, 6) is 1.91. The predicted octanol–water partition coefficient (Wildman–Crippen LogP) is 4.43. The summed E-state index contributed by atoms with van der Waals surface area (Å²) in [4.78, 5) is 5.79. The van der Waals surface area contributed by atoms with Gasteiger partial charge in [0, 0.05) is 24.0 Å². The van der Waals surface area contributed by atoms with Gasteiger partial charge in [-0.15, -0.1) is 35.3 Å². The van der Waals surface area contributed by atoms with Crippen LogP contribution in [0.2, 0.25) is 4.34 Å². The normalized spacial score (nSPS) is 11.5. The fourth-order valence-electron chi connectivity index (χ4n) is 1.96. The lowest BCUT2D eigenvalue weighted by Crippen LogP contribution is -2.38. The number of nitrogens with zero attached hydrogens (tertiary/aromatic N) is 2. The van der Waals surface area contributed by atoms with Gasteiger partial charge in [0.15, 0.2) is 11.7 Å². The first-order chi connectivity index (χ1) is 11.1. The van der Waals surface area contributed by atoms with Crippen LogP contribution in [0.4, 0.5) is 0 Å². The molecule has 0 bridgehead atoms. The molecule has 0 amide bonds. The van der Waals surface area contributed by atoms with Crippen LogP contribution >= 0.6 is 46.9 Å². The molecule has 0 atom stereocenters. The Hall–Kier alpha value is -0.800. The van der Waals surface area contributed by atoms with Crippen LogP contribution in [0, 0.1) is 0 Å². The van der Waals surface area contributed by atoms with Gasteiger partial charge in [-0.2, -0.15) is 0 Å². The maximum atomic E-state index is 5.94. The Kier molecular flexibility index (Phi) is 9.68. The maximum Gasteiger partial charge on any atom is 0.191 e. The molecular formula is C16H24ClIN4OS. The van der Waals surface area contributed by atoms with E-state index in [9.17, 15) is 0 Å². The Bertz CT molecular complexity index is 642. The quantitative estimate of drug-likeness (QED) is 0.348. The number of nitrogens with one attached hydrogen (secondary N) is 2. The number of aliphatic imine (C=N–C) groups is 1. The Morgan fingerprint density at radius 2 is 2.17 bits per heavy atom. The first-order valence-electron chi connectivity index (χ1n) is 7.80. The molecule has 0 saturated carbocycles. The zero-order valence-electron chi connectivity index (χ0n) is 14.1. The average molecular weight is 483 g/mol. The fraction of sp³-hybridized carbons (Fsp3) is 0.500. The summed E-state index contributed by atoms with van der Waals surface area (Å²) in [5.41, 5.74) is 0.961. The monoisotopic (exact) mass is 482 g/mol. The molecule has 8 heteroatoms. The van der Waals surface area contributed by atoms with Crippen LogP contribution in [0.25, 0.3) is 0 Å². The Morgan fingerprint density at radius 3 is 2.75 bits per heavy atom. The molecule has 0 aliphatic heterocycles. The zero-order chi connectivity index (χ0) is 16.7. The third-order valence-electron chi connectivity index (χ3n) is 3.20. The lowest BCUT2D eigenvalue weighted by atomic mass is 10.1. The molecule has 5 nitrogen and oxygen atoms in total. The Morgan fingerprint density at radius 1 is 1.38 bits per heavy atom. The van der Waals surface area contributed by atoms with Crippen molar-refractivity contribution in [3.63, 3.8) is 0 Å². The van der Waals surface area contributed by atoms with Crippen LogP contribution in [0.15, 0.2) is 27.7 Å². The predicted molar refractivity (Wildman–Crippen MR) is 112 cm³/mol. The molecule has 2 N–H and O–H groups in total. The summed E-state index contributed by atoms with van der Waals surface area (Å²) in [6.07, 6.45) is 0.918. The molecule has 0 aliphatic carbocycles.